The van der Waals surface area contributed by atoms with Gasteiger partial charge in [-0.15, -0.1) is 0 Å². The maximum atomic E-state index is 12.9. The molecule has 3 heteroatoms. The average molecular weight is 269 g/mol. The number of hydrogen-bond acceptors (Lipinski definition) is 2. The summed E-state index contributed by atoms with van der Waals surface area (Å²) in [4.78, 5) is 0. The molecule has 2 rings (SSSR count). The molecule has 1 atom stereocenters. The molecule has 0 aromatic heterocycles. The molecule has 0 amide bonds. The number of hydrogen-bond donors (Lipinski definition) is 0. The number of nitrogens with zero attached hydrogens (tertiary/aromatic N) is 1. The largest absolute Gasteiger partial charge is 0.494 e. The Hall–Kier alpha value is -2.34. The van der Waals surface area contributed by atoms with Crippen LogP contribution < -0.4 is 4.74 Å². The van der Waals surface area contributed by atoms with E-state index in [-0.39, 0.29) is 11.7 Å². The van der Waals surface area contributed by atoms with Crippen LogP contribution in [0, 0.1) is 17.1 Å². The van der Waals surface area contributed by atoms with Crippen molar-refractivity contribution in [2.45, 2.75) is 19.3 Å². The highest BCUT2D eigenvalue weighted by molar-refractivity contribution is 5.33. The Morgan fingerprint density at radius 2 is 1.95 bits per heavy atom. The molecule has 0 bridgehead atoms. The molecule has 0 aliphatic heterocycles. The Bertz CT molecular complexity index is 601. The van der Waals surface area contributed by atoms with Crippen LogP contribution in [0.3, 0.4) is 0 Å². The highest BCUT2D eigenvalue weighted by atomic mass is 19.1. The summed E-state index contributed by atoms with van der Waals surface area (Å²) < 4.78 is 18.4. The zero-order valence-corrected chi connectivity index (χ0v) is 11.3. The van der Waals surface area contributed by atoms with Crippen molar-refractivity contribution in [3.63, 3.8) is 0 Å². The van der Waals surface area contributed by atoms with Gasteiger partial charge in [-0.1, -0.05) is 24.3 Å². The molecule has 0 fully saturated rings. The third kappa shape index (κ3) is 3.58. The molecule has 0 aliphatic rings. The number of rotatable bonds is 5. The van der Waals surface area contributed by atoms with E-state index in [0.29, 0.717) is 13.0 Å². The van der Waals surface area contributed by atoms with Crippen molar-refractivity contribution in [1.82, 2.24) is 0 Å². The summed E-state index contributed by atoms with van der Waals surface area (Å²) in [5, 5.41) is 9.31. The Morgan fingerprint density at radius 1 is 1.20 bits per heavy atom. The number of benzene rings is 2. The van der Waals surface area contributed by atoms with Gasteiger partial charge < -0.3 is 4.74 Å². The standard InChI is InChI=1S/C17H16FNO/c1-2-20-17-5-3-4-13(11-17)10-15(12-19)14-6-8-16(18)9-7-14/h3-9,11,15H,2,10H2,1H3. The van der Waals surface area contributed by atoms with Crippen LogP contribution in [-0.2, 0) is 6.42 Å². The minimum atomic E-state index is -0.288. The van der Waals surface area contributed by atoms with E-state index in [1.807, 2.05) is 31.2 Å². The van der Waals surface area contributed by atoms with Crippen molar-refractivity contribution in [1.29, 1.82) is 5.26 Å². The van der Waals surface area contributed by atoms with Crippen molar-refractivity contribution < 1.29 is 9.13 Å². The fourth-order valence-corrected chi connectivity index (χ4v) is 2.10. The lowest BCUT2D eigenvalue weighted by atomic mass is 9.93. The normalized spacial score (nSPS) is 11.7. The van der Waals surface area contributed by atoms with Gasteiger partial charge in [-0.25, -0.2) is 4.39 Å². The van der Waals surface area contributed by atoms with E-state index >= 15 is 0 Å². The molecule has 0 spiro atoms. The molecule has 0 heterocycles. The number of halogens is 1. The van der Waals surface area contributed by atoms with Crippen LogP contribution in [0.4, 0.5) is 4.39 Å². The first-order valence-electron chi connectivity index (χ1n) is 6.59. The molecular formula is C17H16FNO. The van der Waals surface area contributed by atoms with Gasteiger partial charge in [0.2, 0.25) is 0 Å². The van der Waals surface area contributed by atoms with Crippen molar-refractivity contribution in [2.75, 3.05) is 6.61 Å². The van der Waals surface area contributed by atoms with E-state index in [9.17, 15) is 9.65 Å². The van der Waals surface area contributed by atoms with E-state index in [1.54, 1.807) is 12.1 Å². The highest BCUT2D eigenvalue weighted by Gasteiger charge is 2.12. The Labute approximate surface area is 118 Å². The molecule has 0 saturated carbocycles. The van der Waals surface area contributed by atoms with Crippen LogP contribution in [0.2, 0.25) is 0 Å². The second-order valence-electron chi connectivity index (χ2n) is 4.52. The Balaban J connectivity index is 2.16. The summed E-state index contributed by atoms with van der Waals surface area (Å²) in [5.74, 6) is 0.233. The lowest BCUT2D eigenvalue weighted by Gasteiger charge is -2.11. The van der Waals surface area contributed by atoms with E-state index < -0.39 is 0 Å². The van der Waals surface area contributed by atoms with Gasteiger partial charge in [-0.3, -0.25) is 0 Å². The van der Waals surface area contributed by atoms with Gasteiger partial charge in [0.15, 0.2) is 0 Å². The third-order valence-corrected chi connectivity index (χ3v) is 3.08. The van der Waals surface area contributed by atoms with Gasteiger partial charge in [0.1, 0.15) is 11.6 Å². The molecule has 0 radical (unpaired) electrons. The van der Waals surface area contributed by atoms with Gasteiger partial charge in [-0.05, 0) is 48.7 Å². The molecule has 2 aromatic carbocycles. The van der Waals surface area contributed by atoms with E-state index in [2.05, 4.69) is 6.07 Å². The molecule has 1 unspecified atom stereocenters. The molecule has 2 aromatic rings. The van der Waals surface area contributed by atoms with Gasteiger partial charge in [0.25, 0.3) is 0 Å². The molecule has 0 N–H and O–H groups in total. The Morgan fingerprint density at radius 3 is 2.60 bits per heavy atom. The maximum Gasteiger partial charge on any atom is 0.123 e. The van der Waals surface area contributed by atoms with Gasteiger partial charge in [-0.2, -0.15) is 5.26 Å². The molecule has 102 valence electrons. The lowest BCUT2D eigenvalue weighted by Crippen LogP contribution is -2.01. The first-order valence-corrected chi connectivity index (χ1v) is 6.59. The zero-order valence-electron chi connectivity index (χ0n) is 11.3. The Kier molecular flexibility index (Phi) is 4.73. The van der Waals surface area contributed by atoms with Crippen molar-refractivity contribution in [3.8, 4) is 11.8 Å². The number of ether oxygens (including phenoxy) is 1. The SMILES string of the molecule is CCOc1cccc(CC(C#N)c2ccc(F)cc2)c1. The first-order chi connectivity index (χ1) is 9.72. The van der Waals surface area contributed by atoms with Crippen molar-refractivity contribution in [2.24, 2.45) is 0 Å². The molecule has 0 aliphatic carbocycles. The summed E-state index contributed by atoms with van der Waals surface area (Å²) in [5.41, 5.74) is 1.86. The van der Waals surface area contributed by atoms with Crippen molar-refractivity contribution in [3.05, 3.63) is 65.5 Å². The maximum absolute atomic E-state index is 12.9. The summed E-state index contributed by atoms with van der Waals surface area (Å²) >= 11 is 0. The lowest BCUT2D eigenvalue weighted by molar-refractivity contribution is 0.340. The fourth-order valence-electron chi connectivity index (χ4n) is 2.10. The van der Waals surface area contributed by atoms with E-state index in [4.69, 9.17) is 4.74 Å². The first kappa shape index (κ1) is 14.1. The molecule has 0 saturated heterocycles. The van der Waals surface area contributed by atoms with Crippen LogP contribution in [0.15, 0.2) is 48.5 Å². The second kappa shape index (κ2) is 6.72. The molecule has 2 nitrogen and oxygen atoms in total. The predicted octanol–water partition coefficient (Wildman–Crippen LogP) is 4.07. The van der Waals surface area contributed by atoms with Crippen LogP contribution in [0.5, 0.6) is 5.75 Å². The van der Waals surface area contributed by atoms with Gasteiger partial charge in [0, 0.05) is 0 Å². The monoisotopic (exact) mass is 269 g/mol. The zero-order chi connectivity index (χ0) is 14.4. The second-order valence-corrected chi connectivity index (χ2v) is 4.52. The smallest absolute Gasteiger partial charge is 0.123 e. The summed E-state index contributed by atoms with van der Waals surface area (Å²) in [6.45, 7) is 2.55. The van der Waals surface area contributed by atoms with Crippen LogP contribution in [0.25, 0.3) is 0 Å². The minimum absolute atomic E-state index is 0.285. The van der Waals surface area contributed by atoms with Gasteiger partial charge >= 0.3 is 0 Å². The van der Waals surface area contributed by atoms with Crippen LogP contribution >= 0.6 is 0 Å². The van der Waals surface area contributed by atoms with Crippen LogP contribution in [-0.4, -0.2) is 6.61 Å². The molecular weight excluding hydrogens is 253 g/mol. The average Bonchev–Trinajstić information content (AvgIpc) is 2.47. The van der Waals surface area contributed by atoms with E-state index in [1.165, 1.54) is 12.1 Å². The number of nitriles is 1. The van der Waals surface area contributed by atoms with Crippen molar-refractivity contribution >= 4 is 0 Å². The summed E-state index contributed by atoms with van der Waals surface area (Å²) in [7, 11) is 0. The fraction of sp³-hybridized carbons (Fsp3) is 0.235. The molecule has 20 heavy (non-hydrogen) atoms. The van der Waals surface area contributed by atoms with Gasteiger partial charge in [0.05, 0.1) is 18.6 Å². The topological polar surface area (TPSA) is 33.0 Å². The van der Waals surface area contributed by atoms with E-state index in [0.717, 1.165) is 16.9 Å². The minimum Gasteiger partial charge on any atom is -0.494 e. The summed E-state index contributed by atoms with van der Waals surface area (Å²) in [6, 6.07) is 16.1. The summed E-state index contributed by atoms with van der Waals surface area (Å²) in [6.07, 6.45) is 0.586. The third-order valence-electron chi connectivity index (χ3n) is 3.08. The highest BCUT2D eigenvalue weighted by Crippen LogP contribution is 2.23. The quantitative estimate of drug-likeness (QED) is 0.819. The van der Waals surface area contributed by atoms with Crippen LogP contribution in [0.1, 0.15) is 24.0 Å². The predicted molar refractivity (Wildman–Crippen MR) is 76.1 cm³/mol.